The van der Waals surface area contributed by atoms with Crippen LogP contribution in [0.5, 0.6) is 5.75 Å². The number of fused-ring (bicyclic) bond motifs is 1. The van der Waals surface area contributed by atoms with E-state index in [1.54, 1.807) is 7.05 Å². The number of ether oxygens (including phenoxy) is 1. The number of aromatic nitrogens is 2. The van der Waals surface area contributed by atoms with E-state index in [1.807, 2.05) is 59.5 Å². The second-order valence-corrected chi connectivity index (χ2v) is 7.00. The van der Waals surface area contributed by atoms with Gasteiger partial charge in [0.1, 0.15) is 5.75 Å². The third-order valence-corrected chi connectivity index (χ3v) is 4.93. The summed E-state index contributed by atoms with van der Waals surface area (Å²) >= 11 is 5.95. The first-order valence-electron chi connectivity index (χ1n) is 9.21. The van der Waals surface area contributed by atoms with Crippen LogP contribution in [-0.4, -0.2) is 29.4 Å². The SMILES string of the molecule is CN=C(NCc1cnn(-c2ccc(Cl)cc2)c1)NC1CCOc2ccccc21. The number of aliphatic imine (C=N–C) groups is 1. The Morgan fingerprint density at radius 1 is 1.25 bits per heavy atom. The number of nitrogens with zero attached hydrogens (tertiary/aromatic N) is 3. The van der Waals surface area contributed by atoms with Gasteiger partial charge in [-0.15, -0.1) is 0 Å². The Morgan fingerprint density at radius 3 is 2.89 bits per heavy atom. The van der Waals surface area contributed by atoms with E-state index in [2.05, 4.69) is 26.8 Å². The fraction of sp³-hybridized carbons (Fsp3) is 0.238. The van der Waals surface area contributed by atoms with Gasteiger partial charge in [0, 0.05) is 42.4 Å². The van der Waals surface area contributed by atoms with E-state index in [9.17, 15) is 0 Å². The highest BCUT2D eigenvalue weighted by Crippen LogP contribution is 2.31. The first kappa shape index (κ1) is 18.4. The third kappa shape index (κ3) is 4.12. The molecular formula is C21H22ClN5O. The van der Waals surface area contributed by atoms with Crippen molar-refractivity contribution in [3.05, 3.63) is 77.1 Å². The Bertz CT molecular complexity index is 967. The Kier molecular flexibility index (Phi) is 5.48. The van der Waals surface area contributed by atoms with Gasteiger partial charge in [0.25, 0.3) is 0 Å². The van der Waals surface area contributed by atoms with Gasteiger partial charge in [-0.25, -0.2) is 4.68 Å². The van der Waals surface area contributed by atoms with E-state index in [1.165, 1.54) is 0 Å². The van der Waals surface area contributed by atoms with Crippen LogP contribution in [-0.2, 0) is 6.54 Å². The summed E-state index contributed by atoms with van der Waals surface area (Å²) in [4.78, 5) is 4.36. The number of benzene rings is 2. The van der Waals surface area contributed by atoms with Crippen molar-refractivity contribution < 1.29 is 4.74 Å². The van der Waals surface area contributed by atoms with Gasteiger partial charge in [-0.2, -0.15) is 5.10 Å². The van der Waals surface area contributed by atoms with Crippen molar-refractivity contribution in [3.63, 3.8) is 0 Å². The fourth-order valence-electron chi connectivity index (χ4n) is 3.22. The maximum absolute atomic E-state index is 5.95. The van der Waals surface area contributed by atoms with Gasteiger partial charge >= 0.3 is 0 Å². The van der Waals surface area contributed by atoms with E-state index in [-0.39, 0.29) is 6.04 Å². The Labute approximate surface area is 169 Å². The highest BCUT2D eigenvalue weighted by atomic mass is 35.5. The Balaban J connectivity index is 1.39. The second kappa shape index (κ2) is 8.35. The lowest BCUT2D eigenvalue weighted by Gasteiger charge is -2.28. The summed E-state index contributed by atoms with van der Waals surface area (Å²) in [5.74, 6) is 1.69. The molecule has 3 aromatic rings. The fourth-order valence-corrected chi connectivity index (χ4v) is 3.35. The molecule has 1 aliphatic rings. The lowest BCUT2D eigenvalue weighted by molar-refractivity contribution is 0.261. The minimum Gasteiger partial charge on any atom is -0.493 e. The molecule has 0 bridgehead atoms. The molecule has 2 heterocycles. The summed E-state index contributed by atoms with van der Waals surface area (Å²) in [5, 5.41) is 12.0. The topological polar surface area (TPSA) is 63.5 Å². The maximum atomic E-state index is 5.95. The van der Waals surface area contributed by atoms with E-state index >= 15 is 0 Å². The number of hydrogen-bond acceptors (Lipinski definition) is 3. The monoisotopic (exact) mass is 395 g/mol. The van der Waals surface area contributed by atoms with Crippen molar-refractivity contribution in [3.8, 4) is 11.4 Å². The van der Waals surface area contributed by atoms with E-state index < -0.39 is 0 Å². The van der Waals surface area contributed by atoms with E-state index in [4.69, 9.17) is 16.3 Å². The molecule has 0 spiro atoms. The molecule has 7 heteroatoms. The molecule has 4 rings (SSSR count). The van der Waals surface area contributed by atoms with Crippen molar-refractivity contribution in [1.29, 1.82) is 0 Å². The summed E-state index contributed by atoms with van der Waals surface area (Å²) < 4.78 is 7.56. The van der Waals surface area contributed by atoms with Gasteiger partial charge in [-0.05, 0) is 30.3 Å². The average Bonchev–Trinajstić information content (AvgIpc) is 3.21. The summed E-state index contributed by atoms with van der Waals surface area (Å²) in [6, 6.07) is 15.9. The van der Waals surface area contributed by atoms with Crippen molar-refractivity contribution in [1.82, 2.24) is 20.4 Å². The van der Waals surface area contributed by atoms with Crippen LogP contribution in [0, 0.1) is 0 Å². The summed E-state index contributed by atoms with van der Waals surface area (Å²) in [6.45, 7) is 1.32. The molecule has 1 unspecified atom stereocenters. The largest absolute Gasteiger partial charge is 0.493 e. The molecule has 0 fully saturated rings. The van der Waals surface area contributed by atoms with Gasteiger partial charge in [0.2, 0.25) is 0 Å². The van der Waals surface area contributed by atoms with Gasteiger partial charge in [-0.1, -0.05) is 29.8 Å². The Morgan fingerprint density at radius 2 is 2.07 bits per heavy atom. The van der Waals surface area contributed by atoms with Crippen LogP contribution in [0.4, 0.5) is 0 Å². The minimum atomic E-state index is 0.174. The molecule has 0 amide bonds. The predicted molar refractivity (Wildman–Crippen MR) is 111 cm³/mol. The van der Waals surface area contributed by atoms with E-state index in [0.29, 0.717) is 18.2 Å². The minimum absolute atomic E-state index is 0.174. The summed E-state index contributed by atoms with van der Waals surface area (Å²) in [5.41, 5.74) is 3.19. The zero-order valence-electron chi connectivity index (χ0n) is 15.6. The molecule has 144 valence electrons. The molecular weight excluding hydrogens is 374 g/mol. The standard InChI is InChI=1S/C21H22ClN5O/c1-23-21(26-19-10-11-28-20-5-3-2-4-18(19)20)24-12-15-13-25-27(14-15)17-8-6-16(22)7-9-17/h2-9,13-14,19H,10-12H2,1H3,(H2,23,24,26). The zero-order valence-corrected chi connectivity index (χ0v) is 16.4. The van der Waals surface area contributed by atoms with Crippen molar-refractivity contribution >= 4 is 17.6 Å². The molecule has 1 aromatic heterocycles. The van der Waals surface area contributed by atoms with Crippen LogP contribution < -0.4 is 15.4 Å². The average molecular weight is 396 g/mol. The zero-order chi connectivity index (χ0) is 19.3. The van der Waals surface area contributed by atoms with Gasteiger partial charge in [-0.3, -0.25) is 4.99 Å². The number of hydrogen-bond donors (Lipinski definition) is 2. The number of guanidine groups is 1. The lowest BCUT2D eigenvalue weighted by Crippen LogP contribution is -2.40. The normalized spacial score (nSPS) is 16.2. The number of nitrogens with one attached hydrogen (secondary N) is 2. The molecule has 28 heavy (non-hydrogen) atoms. The molecule has 1 aliphatic heterocycles. The van der Waals surface area contributed by atoms with Crippen LogP contribution in [0.2, 0.25) is 5.02 Å². The van der Waals surface area contributed by atoms with Crippen LogP contribution in [0.15, 0.2) is 65.9 Å². The number of halogens is 1. The van der Waals surface area contributed by atoms with Crippen molar-refractivity contribution in [2.75, 3.05) is 13.7 Å². The highest BCUT2D eigenvalue weighted by molar-refractivity contribution is 6.30. The summed E-state index contributed by atoms with van der Waals surface area (Å²) in [6.07, 6.45) is 4.73. The predicted octanol–water partition coefficient (Wildman–Crippen LogP) is 3.71. The maximum Gasteiger partial charge on any atom is 0.191 e. The molecule has 1 atom stereocenters. The highest BCUT2D eigenvalue weighted by Gasteiger charge is 2.21. The lowest BCUT2D eigenvalue weighted by atomic mass is 10.0. The van der Waals surface area contributed by atoms with Crippen molar-refractivity contribution in [2.45, 2.75) is 19.0 Å². The van der Waals surface area contributed by atoms with Crippen LogP contribution >= 0.6 is 11.6 Å². The first-order valence-corrected chi connectivity index (χ1v) is 9.59. The van der Waals surface area contributed by atoms with Crippen molar-refractivity contribution in [2.24, 2.45) is 4.99 Å². The molecule has 6 nitrogen and oxygen atoms in total. The van der Waals surface area contributed by atoms with Crippen LogP contribution in [0.25, 0.3) is 5.69 Å². The number of para-hydroxylation sites is 1. The Hall–Kier alpha value is -2.99. The van der Waals surface area contributed by atoms with E-state index in [0.717, 1.165) is 34.9 Å². The second-order valence-electron chi connectivity index (χ2n) is 6.57. The van der Waals surface area contributed by atoms with Gasteiger partial charge < -0.3 is 15.4 Å². The smallest absolute Gasteiger partial charge is 0.191 e. The molecule has 0 aliphatic carbocycles. The van der Waals surface area contributed by atoms with Crippen LogP contribution in [0.1, 0.15) is 23.6 Å². The van der Waals surface area contributed by atoms with Crippen LogP contribution in [0.3, 0.4) is 0 Å². The quantitative estimate of drug-likeness (QED) is 0.522. The molecule has 0 saturated heterocycles. The number of rotatable bonds is 4. The molecule has 0 saturated carbocycles. The third-order valence-electron chi connectivity index (χ3n) is 4.68. The first-order chi connectivity index (χ1) is 13.7. The molecule has 2 N–H and O–H groups in total. The molecule has 0 radical (unpaired) electrons. The molecule has 2 aromatic carbocycles. The summed E-state index contributed by atoms with van der Waals surface area (Å²) in [7, 11) is 1.78. The van der Waals surface area contributed by atoms with Gasteiger partial charge in [0.05, 0.1) is 24.5 Å². The van der Waals surface area contributed by atoms with Gasteiger partial charge in [0.15, 0.2) is 5.96 Å².